The van der Waals surface area contributed by atoms with Crippen molar-refractivity contribution in [3.8, 4) is 0 Å². The van der Waals surface area contributed by atoms with Crippen molar-refractivity contribution in [2.24, 2.45) is 5.92 Å². The van der Waals surface area contributed by atoms with Gasteiger partial charge in [-0.25, -0.2) is 0 Å². The van der Waals surface area contributed by atoms with Crippen LogP contribution >= 0.6 is 0 Å². The molecule has 2 aliphatic rings. The van der Waals surface area contributed by atoms with Crippen molar-refractivity contribution < 1.29 is 8.85 Å². The van der Waals surface area contributed by atoms with Crippen LogP contribution in [0.1, 0.15) is 26.7 Å². The lowest BCUT2D eigenvalue weighted by molar-refractivity contribution is 0.157. The lowest BCUT2D eigenvalue weighted by atomic mass is 9.94. The fraction of sp³-hybridized carbons (Fsp3) is 1.00. The average Bonchev–Trinajstić information content (AvgIpc) is 2.40. The maximum absolute atomic E-state index is 6.04. The third kappa shape index (κ3) is 1.54. The van der Waals surface area contributed by atoms with Crippen LogP contribution in [0.4, 0.5) is 0 Å². The summed E-state index contributed by atoms with van der Waals surface area (Å²) >= 11 is 0. The zero-order valence-corrected chi connectivity index (χ0v) is 10.6. The van der Waals surface area contributed by atoms with Gasteiger partial charge < -0.3 is 13.4 Å². The van der Waals surface area contributed by atoms with E-state index >= 15 is 0 Å². The number of hydrogen-bond acceptors (Lipinski definition) is 3. The fourth-order valence-electron chi connectivity index (χ4n) is 2.76. The topological polar surface area (TPSA) is 21.7 Å². The van der Waals surface area contributed by atoms with Gasteiger partial charge in [0.1, 0.15) is 0 Å². The highest BCUT2D eigenvalue weighted by molar-refractivity contribution is 6.63. The number of rotatable bonds is 2. The Bertz CT molecular complexity index is 224. The minimum absolute atomic E-state index is 0.446. The van der Waals surface area contributed by atoms with E-state index in [1.54, 1.807) is 7.11 Å². The van der Waals surface area contributed by atoms with E-state index in [9.17, 15) is 0 Å². The minimum Gasteiger partial charge on any atom is -0.536 e. The van der Waals surface area contributed by atoms with Gasteiger partial charge >= 0.3 is 0 Å². The molecule has 2 rings (SSSR count). The van der Waals surface area contributed by atoms with Gasteiger partial charge in [-0.2, -0.15) is 0 Å². The molecule has 0 aromatic rings. The molecule has 2 aliphatic heterocycles. The van der Waals surface area contributed by atoms with Crippen molar-refractivity contribution in [3.05, 3.63) is 0 Å². The Hall–Kier alpha value is 0.0969. The molecule has 4 heteroatoms. The van der Waals surface area contributed by atoms with E-state index in [1.807, 2.05) is 0 Å². The van der Waals surface area contributed by atoms with E-state index < -0.39 is 8.72 Å². The third-order valence-electron chi connectivity index (χ3n) is 3.64. The van der Waals surface area contributed by atoms with E-state index in [-0.39, 0.29) is 0 Å². The van der Waals surface area contributed by atoms with E-state index in [4.69, 9.17) is 8.85 Å². The van der Waals surface area contributed by atoms with E-state index in [0.29, 0.717) is 18.1 Å². The van der Waals surface area contributed by atoms with Crippen molar-refractivity contribution in [1.82, 2.24) is 4.57 Å². The first kappa shape index (κ1) is 10.6. The summed E-state index contributed by atoms with van der Waals surface area (Å²) in [6.07, 6.45) is 2.93. The normalized spacial score (nSPS) is 47.4. The molecule has 2 heterocycles. The highest BCUT2D eigenvalue weighted by Crippen LogP contribution is 2.36. The Labute approximate surface area is 87.7 Å². The second-order valence-electron chi connectivity index (χ2n) is 4.88. The van der Waals surface area contributed by atoms with Crippen molar-refractivity contribution >= 4 is 8.72 Å². The maximum atomic E-state index is 6.04. The fourth-order valence-corrected chi connectivity index (χ4v) is 5.60. The molecule has 0 saturated carbocycles. The minimum atomic E-state index is -1.98. The molecule has 14 heavy (non-hydrogen) atoms. The summed E-state index contributed by atoms with van der Waals surface area (Å²) in [6, 6.07) is 0.672. The highest BCUT2D eigenvalue weighted by Gasteiger charge is 2.43. The molecule has 2 fully saturated rings. The summed E-state index contributed by atoms with van der Waals surface area (Å²) in [5, 5.41) is 0. The summed E-state index contributed by atoms with van der Waals surface area (Å²) in [5.41, 5.74) is 0. The molecule has 83 valence electrons. The van der Waals surface area contributed by atoms with Gasteiger partial charge in [0.05, 0.1) is 0 Å². The molecule has 4 unspecified atom stereocenters. The number of fused-ring (bicyclic) bond motifs is 2. The van der Waals surface area contributed by atoms with Gasteiger partial charge in [-0.15, -0.1) is 6.55 Å². The van der Waals surface area contributed by atoms with E-state index in [1.165, 1.54) is 12.8 Å². The lowest BCUT2D eigenvalue weighted by Gasteiger charge is -2.47. The van der Waals surface area contributed by atoms with E-state index in [0.717, 1.165) is 6.54 Å². The average molecular weight is 215 g/mol. The summed E-state index contributed by atoms with van der Waals surface area (Å²) in [7, 11) is -0.187. The number of hydrogen-bond donors (Lipinski definition) is 0. The maximum Gasteiger partial charge on any atom is 0.209 e. The molecule has 0 amide bonds. The predicted octanol–water partition coefficient (Wildman–Crippen LogP) is 1.72. The van der Waals surface area contributed by atoms with E-state index in [2.05, 4.69) is 25.0 Å². The first-order valence-electron chi connectivity index (χ1n) is 5.56. The molecule has 0 aromatic carbocycles. The van der Waals surface area contributed by atoms with Gasteiger partial charge in [-0.3, -0.25) is 0 Å². The Morgan fingerprint density at radius 2 is 2.14 bits per heavy atom. The monoisotopic (exact) mass is 215 g/mol. The zero-order chi connectivity index (χ0) is 10.3. The molecule has 2 saturated heterocycles. The lowest BCUT2D eigenvalue weighted by Crippen LogP contribution is -2.56. The van der Waals surface area contributed by atoms with Crippen molar-refractivity contribution in [2.75, 3.05) is 13.7 Å². The Morgan fingerprint density at radius 1 is 1.43 bits per heavy atom. The van der Waals surface area contributed by atoms with Gasteiger partial charge in [0.25, 0.3) is 0 Å². The molecule has 3 nitrogen and oxygen atoms in total. The van der Waals surface area contributed by atoms with Crippen molar-refractivity contribution in [2.45, 2.75) is 45.4 Å². The van der Waals surface area contributed by atoms with Crippen molar-refractivity contribution in [3.63, 3.8) is 0 Å². The number of nitrogens with zero attached hydrogens (tertiary/aromatic N) is 1. The van der Waals surface area contributed by atoms with Crippen molar-refractivity contribution in [1.29, 1.82) is 0 Å². The standard InChI is InChI=1S/C10H21NO2Si/c1-8(2)10-6-5-9-7-11(10)14(4,12-3)13-9/h8-10H,5-7H2,1-4H3/q-1. The Balaban J connectivity index is 2.18. The van der Waals surface area contributed by atoms with Gasteiger partial charge in [-0.05, 0) is 38.5 Å². The smallest absolute Gasteiger partial charge is 0.209 e. The molecular formula is C10H21NO2Si-. The van der Waals surface area contributed by atoms with Crippen LogP contribution in [0.3, 0.4) is 0 Å². The first-order valence-corrected chi connectivity index (χ1v) is 7.83. The molecule has 0 aliphatic carbocycles. The molecule has 0 radical (unpaired) electrons. The van der Waals surface area contributed by atoms with Crippen LogP contribution in [-0.2, 0) is 8.85 Å². The summed E-state index contributed by atoms with van der Waals surface area (Å²) in [5.74, 6) is 0.708. The molecule has 4 atom stereocenters. The second-order valence-corrected chi connectivity index (χ2v) is 7.90. The molecular weight excluding hydrogens is 194 g/mol. The predicted molar refractivity (Wildman–Crippen MR) is 58.1 cm³/mol. The van der Waals surface area contributed by atoms with Gasteiger partial charge in [-0.1, -0.05) is 13.8 Å². The van der Waals surface area contributed by atoms with Crippen LogP contribution in [0.25, 0.3) is 0 Å². The molecule has 0 aromatic heterocycles. The molecule has 2 bridgehead atoms. The first-order chi connectivity index (χ1) is 6.57. The quantitative estimate of drug-likeness (QED) is 0.655. The Morgan fingerprint density at radius 3 is 2.71 bits per heavy atom. The number of piperidine rings is 1. The van der Waals surface area contributed by atoms with Crippen LogP contribution in [0.2, 0.25) is 6.55 Å². The summed E-state index contributed by atoms with van der Waals surface area (Å²) in [4.78, 5) is 0. The summed E-state index contributed by atoms with van der Waals surface area (Å²) in [6.45, 7) is 7.87. The highest BCUT2D eigenvalue weighted by atomic mass is 28.4. The van der Waals surface area contributed by atoms with Gasteiger partial charge in [0.15, 0.2) is 0 Å². The molecule has 0 N–H and O–H groups in total. The largest absolute Gasteiger partial charge is 0.536 e. The van der Waals surface area contributed by atoms with Crippen LogP contribution in [0.15, 0.2) is 0 Å². The third-order valence-corrected chi connectivity index (χ3v) is 6.73. The van der Waals surface area contributed by atoms with Gasteiger partial charge in [0.2, 0.25) is 8.72 Å². The van der Waals surface area contributed by atoms with Gasteiger partial charge in [0, 0.05) is 6.10 Å². The zero-order valence-electron chi connectivity index (χ0n) is 9.62. The van der Waals surface area contributed by atoms with Crippen LogP contribution in [0.5, 0.6) is 0 Å². The Kier molecular flexibility index (Phi) is 2.72. The SMILES string of the molecule is CO[Si-]1(C)OC2CCC(C(C)C)N1C2. The van der Waals surface area contributed by atoms with Crippen LogP contribution < -0.4 is 0 Å². The summed E-state index contributed by atoms with van der Waals surface area (Å²) < 4.78 is 14.2. The van der Waals surface area contributed by atoms with Crippen LogP contribution in [-0.4, -0.2) is 39.1 Å². The molecule has 0 spiro atoms. The van der Waals surface area contributed by atoms with Crippen LogP contribution in [0, 0.1) is 5.92 Å². The second kappa shape index (κ2) is 3.59.